The molecule has 0 saturated carbocycles. The van der Waals surface area contributed by atoms with E-state index in [0.717, 1.165) is 0 Å². The summed E-state index contributed by atoms with van der Waals surface area (Å²) in [6.45, 7) is 0. The van der Waals surface area contributed by atoms with E-state index in [1.165, 1.54) is 13.3 Å². The highest BCUT2D eigenvalue weighted by Gasteiger charge is 2.12. The van der Waals surface area contributed by atoms with Gasteiger partial charge in [0.15, 0.2) is 5.15 Å². The number of ether oxygens (including phenoxy) is 2. The van der Waals surface area contributed by atoms with Crippen molar-refractivity contribution in [2.24, 2.45) is 0 Å². The number of nitrogens with zero attached hydrogens (tertiary/aromatic N) is 2. The Bertz CT molecular complexity index is 654. The van der Waals surface area contributed by atoms with Gasteiger partial charge in [-0.15, -0.1) is 0 Å². The zero-order chi connectivity index (χ0) is 13.8. The fourth-order valence-corrected chi connectivity index (χ4v) is 1.76. The molecule has 0 atom stereocenters. The van der Waals surface area contributed by atoms with Crippen LogP contribution in [-0.4, -0.2) is 12.1 Å². The van der Waals surface area contributed by atoms with Crippen LogP contribution in [0.3, 0.4) is 0 Å². The highest BCUT2D eigenvalue weighted by molar-refractivity contribution is 6.32. The minimum absolute atomic E-state index is 0.0824. The molecule has 0 aliphatic heterocycles. The number of benzene rings is 1. The SMILES string of the molecule is COc1ccc(Cl)c(Oc2ccnc(Cl)c2C#N)c1. The maximum atomic E-state index is 9.04. The van der Waals surface area contributed by atoms with E-state index in [0.29, 0.717) is 16.5 Å². The highest BCUT2D eigenvalue weighted by Crippen LogP contribution is 2.35. The summed E-state index contributed by atoms with van der Waals surface area (Å²) in [7, 11) is 1.54. The molecule has 2 aromatic rings. The minimum Gasteiger partial charge on any atom is -0.497 e. The van der Waals surface area contributed by atoms with E-state index in [-0.39, 0.29) is 16.5 Å². The molecular formula is C13H8Cl2N2O2. The van der Waals surface area contributed by atoms with Crippen molar-refractivity contribution >= 4 is 23.2 Å². The van der Waals surface area contributed by atoms with Crippen molar-refractivity contribution in [3.63, 3.8) is 0 Å². The Labute approximate surface area is 120 Å². The Morgan fingerprint density at radius 2 is 2.00 bits per heavy atom. The molecule has 0 saturated heterocycles. The molecule has 4 nitrogen and oxygen atoms in total. The third-order valence-electron chi connectivity index (χ3n) is 2.34. The summed E-state index contributed by atoms with van der Waals surface area (Å²) in [4.78, 5) is 3.81. The van der Waals surface area contributed by atoms with Crippen LogP contribution in [0, 0.1) is 11.3 Å². The fraction of sp³-hybridized carbons (Fsp3) is 0.0769. The summed E-state index contributed by atoms with van der Waals surface area (Å²) >= 11 is 11.8. The predicted molar refractivity (Wildman–Crippen MR) is 72.0 cm³/mol. The summed E-state index contributed by atoms with van der Waals surface area (Å²) in [6.07, 6.45) is 1.45. The van der Waals surface area contributed by atoms with Crippen molar-refractivity contribution in [1.29, 1.82) is 5.26 Å². The molecule has 0 N–H and O–H groups in total. The van der Waals surface area contributed by atoms with E-state index in [2.05, 4.69) is 4.98 Å². The zero-order valence-electron chi connectivity index (χ0n) is 9.85. The number of hydrogen-bond acceptors (Lipinski definition) is 4. The van der Waals surface area contributed by atoms with Crippen molar-refractivity contribution in [2.75, 3.05) is 7.11 Å². The first kappa shape index (κ1) is 13.5. The van der Waals surface area contributed by atoms with E-state index < -0.39 is 0 Å². The summed E-state index contributed by atoms with van der Waals surface area (Å²) in [5, 5.41) is 9.52. The molecule has 19 heavy (non-hydrogen) atoms. The van der Waals surface area contributed by atoms with Gasteiger partial charge in [0.2, 0.25) is 0 Å². The number of halogens is 2. The third-order valence-corrected chi connectivity index (χ3v) is 2.94. The second-order valence-corrected chi connectivity index (χ2v) is 4.25. The molecule has 0 spiro atoms. The first-order valence-corrected chi connectivity index (χ1v) is 5.97. The van der Waals surface area contributed by atoms with E-state index in [4.69, 9.17) is 37.9 Å². The lowest BCUT2D eigenvalue weighted by molar-refractivity contribution is 0.409. The summed E-state index contributed by atoms with van der Waals surface area (Å²) < 4.78 is 10.7. The minimum atomic E-state index is 0.0824. The monoisotopic (exact) mass is 294 g/mol. The summed E-state index contributed by atoms with van der Waals surface area (Å²) in [5.41, 5.74) is 0.156. The van der Waals surface area contributed by atoms with Gasteiger partial charge in [0.05, 0.1) is 12.1 Å². The van der Waals surface area contributed by atoms with Gasteiger partial charge < -0.3 is 9.47 Å². The quantitative estimate of drug-likeness (QED) is 0.801. The molecule has 1 heterocycles. The molecule has 6 heteroatoms. The van der Waals surface area contributed by atoms with Crippen molar-refractivity contribution in [1.82, 2.24) is 4.98 Å². The average Bonchev–Trinajstić information content (AvgIpc) is 2.41. The number of aromatic nitrogens is 1. The van der Waals surface area contributed by atoms with Crippen LogP contribution in [0.2, 0.25) is 10.2 Å². The van der Waals surface area contributed by atoms with Crippen LogP contribution >= 0.6 is 23.2 Å². The van der Waals surface area contributed by atoms with Crippen molar-refractivity contribution < 1.29 is 9.47 Å². The Morgan fingerprint density at radius 1 is 1.21 bits per heavy atom. The van der Waals surface area contributed by atoms with Crippen LogP contribution in [0.1, 0.15) is 5.56 Å². The van der Waals surface area contributed by atoms with Gasteiger partial charge in [0, 0.05) is 18.3 Å². The van der Waals surface area contributed by atoms with E-state index in [9.17, 15) is 0 Å². The Kier molecular flexibility index (Phi) is 4.10. The maximum absolute atomic E-state index is 9.04. The smallest absolute Gasteiger partial charge is 0.150 e. The largest absolute Gasteiger partial charge is 0.497 e. The molecule has 0 radical (unpaired) electrons. The Balaban J connectivity index is 2.42. The van der Waals surface area contributed by atoms with E-state index in [1.54, 1.807) is 24.3 Å². The van der Waals surface area contributed by atoms with Gasteiger partial charge in [0.25, 0.3) is 0 Å². The Hall–Kier alpha value is -1.96. The number of methoxy groups -OCH3 is 1. The van der Waals surface area contributed by atoms with Crippen molar-refractivity contribution in [3.05, 3.63) is 46.2 Å². The van der Waals surface area contributed by atoms with Gasteiger partial charge in [-0.2, -0.15) is 5.26 Å². The van der Waals surface area contributed by atoms with Crippen LogP contribution in [-0.2, 0) is 0 Å². The molecule has 0 aliphatic rings. The first-order chi connectivity index (χ1) is 9.15. The van der Waals surface area contributed by atoms with E-state index >= 15 is 0 Å². The molecule has 0 bridgehead atoms. The second-order valence-electron chi connectivity index (χ2n) is 3.49. The van der Waals surface area contributed by atoms with Gasteiger partial charge >= 0.3 is 0 Å². The molecule has 1 aromatic carbocycles. The van der Waals surface area contributed by atoms with Gasteiger partial charge in [-0.05, 0) is 12.1 Å². The number of hydrogen-bond donors (Lipinski definition) is 0. The number of pyridine rings is 1. The van der Waals surface area contributed by atoms with Gasteiger partial charge in [-0.3, -0.25) is 0 Å². The molecule has 96 valence electrons. The lowest BCUT2D eigenvalue weighted by Crippen LogP contribution is -1.92. The highest BCUT2D eigenvalue weighted by atomic mass is 35.5. The van der Waals surface area contributed by atoms with Crippen LogP contribution in [0.15, 0.2) is 30.5 Å². The molecule has 1 aromatic heterocycles. The van der Waals surface area contributed by atoms with Gasteiger partial charge in [-0.25, -0.2) is 4.98 Å². The average molecular weight is 295 g/mol. The topological polar surface area (TPSA) is 55.1 Å². The molecule has 0 fully saturated rings. The van der Waals surface area contributed by atoms with Crippen molar-refractivity contribution in [3.8, 4) is 23.3 Å². The normalized spacial score (nSPS) is 9.79. The molecular weight excluding hydrogens is 287 g/mol. The lowest BCUT2D eigenvalue weighted by Gasteiger charge is -2.10. The summed E-state index contributed by atoms with van der Waals surface area (Å²) in [5.74, 6) is 1.26. The van der Waals surface area contributed by atoms with Gasteiger partial charge in [-0.1, -0.05) is 23.2 Å². The molecule has 2 rings (SSSR count). The van der Waals surface area contributed by atoms with Crippen LogP contribution in [0.25, 0.3) is 0 Å². The maximum Gasteiger partial charge on any atom is 0.150 e. The van der Waals surface area contributed by atoms with Crippen LogP contribution in [0.5, 0.6) is 17.2 Å². The molecule has 0 amide bonds. The summed E-state index contributed by atoms with van der Waals surface area (Å²) in [6, 6.07) is 8.45. The fourth-order valence-electron chi connectivity index (χ4n) is 1.41. The van der Waals surface area contributed by atoms with E-state index in [1.807, 2.05) is 6.07 Å². The Morgan fingerprint density at radius 3 is 2.68 bits per heavy atom. The third kappa shape index (κ3) is 2.90. The molecule has 0 aliphatic carbocycles. The van der Waals surface area contributed by atoms with Crippen molar-refractivity contribution in [2.45, 2.75) is 0 Å². The van der Waals surface area contributed by atoms with Crippen LogP contribution in [0.4, 0.5) is 0 Å². The molecule has 0 unspecified atom stereocenters. The standard InChI is InChI=1S/C13H8Cl2N2O2/c1-18-8-2-3-10(14)12(6-8)19-11-4-5-17-13(15)9(11)7-16/h2-6H,1H3. The number of nitriles is 1. The number of rotatable bonds is 3. The van der Waals surface area contributed by atoms with Crippen LogP contribution < -0.4 is 9.47 Å². The van der Waals surface area contributed by atoms with Gasteiger partial charge in [0.1, 0.15) is 28.9 Å². The first-order valence-electron chi connectivity index (χ1n) is 5.21. The second kappa shape index (κ2) is 5.79. The predicted octanol–water partition coefficient (Wildman–Crippen LogP) is 4.06. The zero-order valence-corrected chi connectivity index (χ0v) is 11.4. The lowest BCUT2D eigenvalue weighted by atomic mass is 10.2.